The second kappa shape index (κ2) is 6.20. The van der Waals surface area contributed by atoms with Crippen molar-refractivity contribution in [3.8, 4) is 5.75 Å². The molecule has 0 aliphatic carbocycles. The second-order valence-corrected chi connectivity index (χ2v) is 5.58. The number of hydrogen-bond acceptors (Lipinski definition) is 3. The molecule has 3 nitrogen and oxygen atoms in total. The van der Waals surface area contributed by atoms with Crippen molar-refractivity contribution in [1.82, 2.24) is 0 Å². The molecule has 0 amide bonds. The van der Waals surface area contributed by atoms with E-state index >= 15 is 0 Å². The molecule has 2 aromatic carbocycles. The van der Waals surface area contributed by atoms with Gasteiger partial charge in [0.15, 0.2) is 5.78 Å². The van der Waals surface area contributed by atoms with Gasteiger partial charge in [0.25, 0.3) is 0 Å². The molecule has 104 valence electrons. The maximum atomic E-state index is 12.3. The van der Waals surface area contributed by atoms with Gasteiger partial charge < -0.3 is 10.2 Å². The molecule has 2 atom stereocenters. The van der Waals surface area contributed by atoms with Crippen LogP contribution in [0, 0.1) is 5.92 Å². The Morgan fingerprint density at radius 2 is 1.70 bits per heavy atom. The molecule has 0 unspecified atom stereocenters. The maximum Gasteiger partial charge on any atom is 0.172 e. The highest BCUT2D eigenvalue weighted by molar-refractivity contribution is 9.10. The maximum absolute atomic E-state index is 12.3. The molecule has 2 rings (SSSR count). The van der Waals surface area contributed by atoms with Gasteiger partial charge in [-0.3, -0.25) is 4.79 Å². The third-order valence-corrected chi connectivity index (χ3v) is 3.80. The smallest absolute Gasteiger partial charge is 0.172 e. The van der Waals surface area contributed by atoms with Crippen molar-refractivity contribution < 1.29 is 15.0 Å². The number of phenols is 1. The van der Waals surface area contributed by atoms with E-state index in [0.29, 0.717) is 5.56 Å². The van der Waals surface area contributed by atoms with E-state index in [0.717, 1.165) is 4.47 Å². The van der Waals surface area contributed by atoms with Gasteiger partial charge >= 0.3 is 0 Å². The highest BCUT2D eigenvalue weighted by Gasteiger charge is 2.26. The number of halogens is 1. The lowest BCUT2D eigenvalue weighted by Crippen LogP contribution is -2.19. The SMILES string of the molecule is C[C@@H](C(=O)c1ccccc1O)[C@@H](O)c1ccc(Br)cc1. The van der Waals surface area contributed by atoms with Crippen LogP contribution >= 0.6 is 15.9 Å². The van der Waals surface area contributed by atoms with Crippen molar-refractivity contribution in [2.75, 3.05) is 0 Å². The average molecular weight is 335 g/mol. The minimum Gasteiger partial charge on any atom is -0.507 e. The minimum absolute atomic E-state index is 0.0626. The summed E-state index contributed by atoms with van der Waals surface area (Å²) < 4.78 is 0.910. The first-order chi connectivity index (χ1) is 9.50. The van der Waals surface area contributed by atoms with E-state index in [2.05, 4.69) is 15.9 Å². The van der Waals surface area contributed by atoms with Gasteiger partial charge in [0, 0.05) is 10.4 Å². The number of benzene rings is 2. The third kappa shape index (κ3) is 3.08. The van der Waals surface area contributed by atoms with Crippen LogP contribution in [-0.4, -0.2) is 16.0 Å². The monoisotopic (exact) mass is 334 g/mol. The lowest BCUT2D eigenvalue weighted by molar-refractivity contribution is 0.0711. The Bertz CT molecular complexity index is 607. The number of aliphatic hydroxyl groups is 1. The summed E-state index contributed by atoms with van der Waals surface area (Å²) in [6.45, 7) is 1.65. The summed E-state index contributed by atoms with van der Waals surface area (Å²) in [6, 6.07) is 13.5. The fraction of sp³-hybridized carbons (Fsp3) is 0.188. The summed E-state index contributed by atoms with van der Waals surface area (Å²) in [5, 5.41) is 20.0. The van der Waals surface area contributed by atoms with E-state index in [9.17, 15) is 15.0 Å². The van der Waals surface area contributed by atoms with E-state index in [4.69, 9.17) is 0 Å². The van der Waals surface area contributed by atoms with E-state index in [1.54, 1.807) is 37.3 Å². The van der Waals surface area contributed by atoms with Gasteiger partial charge in [0.2, 0.25) is 0 Å². The van der Waals surface area contributed by atoms with E-state index in [1.165, 1.54) is 6.07 Å². The molecule has 0 saturated heterocycles. The molecule has 0 saturated carbocycles. The number of carbonyl (C=O) groups is 1. The van der Waals surface area contributed by atoms with Crippen molar-refractivity contribution in [3.63, 3.8) is 0 Å². The Kier molecular flexibility index (Phi) is 4.57. The highest BCUT2D eigenvalue weighted by Crippen LogP contribution is 2.28. The Morgan fingerprint density at radius 3 is 2.30 bits per heavy atom. The number of para-hydroxylation sites is 1. The quantitative estimate of drug-likeness (QED) is 0.838. The molecule has 20 heavy (non-hydrogen) atoms. The zero-order valence-corrected chi connectivity index (χ0v) is 12.5. The van der Waals surface area contributed by atoms with Crippen LogP contribution in [0.3, 0.4) is 0 Å². The number of aromatic hydroxyl groups is 1. The van der Waals surface area contributed by atoms with Crippen LogP contribution in [0.25, 0.3) is 0 Å². The topological polar surface area (TPSA) is 57.5 Å². The first-order valence-electron chi connectivity index (χ1n) is 6.26. The van der Waals surface area contributed by atoms with E-state index in [1.807, 2.05) is 12.1 Å². The van der Waals surface area contributed by atoms with Crippen molar-refractivity contribution in [2.24, 2.45) is 5.92 Å². The van der Waals surface area contributed by atoms with Crippen LogP contribution in [-0.2, 0) is 0 Å². The fourth-order valence-electron chi connectivity index (χ4n) is 2.02. The Balaban J connectivity index is 2.22. The summed E-state index contributed by atoms with van der Waals surface area (Å²) in [7, 11) is 0. The lowest BCUT2D eigenvalue weighted by Gasteiger charge is -2.18. The van der Waals surface area contributed by atoms with Crippen molar-refractivity contribution >= 4 is 21.7 Å². The predicted octanol–water partition coefficient (Wildman–Crippen LogP) is 3.71. The van der Waals surface area contributed by atoms with Gasteiger partial charge in [-0.25, -0.2) is 0 Å². The Labute approximate surface area is 126 Å². The fourth-order valence-corrected chi connectivity index (χ4v) is 2.28. The number of Topliss-reactive ketones (excluding diaryl/α,β-unsaturated/α-hetero) is 1. The van der Waals surface area contributed by atoms with Crippen LogP contribution < -0.4 is 0 Å². The molecule has 0 aromatic heterocycles. The van der Waals surface area contributed by atoms with E-state index in [-0.39, 0.29) is 17.1 Å². The van der Waals surface area contributed by atoms with Crippen molar-refractivity contribution in [3.05, 3.63) is 64.1 Å². The second-order valence-electron chi connectivity index (χ2n) is 4.67. The van der Waals surface area contributed by atoms with Gasteiger partial charge in [-0.15, -0.1) is 0 Å². The Morgan fingerprint density at radius 1 is 1.10 bits per heavy atom. The molecule has 0 radical (unpaired) electrons. The standard InChI is InChI=1S/C16H15BrO3/c1-10(15(19)11-6-8-12(17)9-7-11)16(20)13-4-2-3-5-14(13)18/h2-10,15,18-19H,1H3/t10-,15-/m1/s1. The molecule has 0 aliphatic heterocycles. The normalized spacial score (nSPS) is 13.8. The molecule has 0 spiro atoms. The number of ketones is 1. The number of carbonyl (C=O) groups excluding carboxylic acids is 1. The van der Waals surface area contributed by atoms with Crippen LogP contribution in [0.4, 0.5) is 0 Å². The van der Waals surface area contributed by atoms with Crippen molar-refractivity contribution in [1.29, 1.82) is 0 Å². The van der Waals surface area contributed by atoms with Gasteiger partial charge in [-0.05, 0) is 29.8 Å². The van der Waals surface area contributed by atoms with Crippen LogP contribution in [0.1, 0.15) is 28.9 Å². The highest BCUT2D eigenvalue weighted by atomic mass is 79.9. The van der Waals surface area contributed by atoms with Gasteiger partial charge in [-0.1, -0.05) is 47.1 Å². The molecule has 2 N–H and O–H groups in total. The summed E-state index contributed by atoms with van der Waals surface area (Å²) in [4.78, 5) is 12.3. The predicted molar refractivity (Wildman–Crippen MR) is 80.7 cm³/mol. The molecular weight excluding hydrogens is 320 g/mol. The van der Waals surface area contributed by atoms with Gasteiger partial charge in [-0.2, -0.15) is 0 Å². The molecule has 0 fully saturated rings. The summed E-state index contributed by atoms with van der Waals surface area (Å²) in [5.74, 6) is -0.977. The molecule has 0 aliphatic rings. The van der Waals surface area contributed by atoms with Crippen LogP contribution in [0.5, 0.6) is 5.75 Å². The van der Waals surface area contributed by atoms with Crippen LogP contribution in [0.2, 0.25) is 0 Å². The largest absolute Gasteiger partial charge is 0.507 e. The van der Waals surface area contributed by atoms with Gasteiger partial charge in [0.1, 0.15) is 5.75 Å². The summed E-state index contributed by atoms with van der Waals surface area (Å²) in [5.41, 5.74) is 0.903. The molecule has 0 heterocycles. The minimum atomic E-state index is -0.907. The number of phenolic OH excluding ortho intramolecular Hbond substituents is 1. The van der Waals surface area contributed by atoms with Crippen molar-refractivity contribution in [2.45, 2.75) is 13.0 Å². The summed E-state index contributed by atoms with van der Waals surface area (Å²) >= 11 is 3.33. The molecule has 2 aromatic rings. The summed E-state index contributed by atoms with van der Waals surface area (Å²) in [6.07, 6.45) is -0.907. The first kappa shape index (κ1) is 14.8. The van der Waals surface area contributed by atoms with Crippen LogP contribution in [0.15, 0.2) is 53.0 Å². The lowest BCUT2D eigenvalue weighted by atomic mass is 9.90. The zero-order valence-electron chi connectivity index (χ0n) is 11.0. The zero-order chi connectivity index (χ0) is 14.7. The molecule has 4 heteroatoms. The Hall–Kier alpha value is -1.65. The van der Waals surface area contributed by atoms with Gasteiger partial charge in [0.05, 0.1) is 11.7 Å². The third-order valence-electron chi connectivity index (χ3n) is 3.27. The number of aliphatic hydroxyl groups excluding tert-OH is 1. The van der Waals surface area contributed by atoms with E-state index < -0.39 is 12.0 Å². The number of hydrogen-bond donors (Lipinski definition) is 2. The molecular formula is C16H15BrO3. The average Bonchev–Trinajstić information content (AvgIpc) is 2.46. The molecule has 0 bridgehead atoms. The first-order valence-corrected chi connectivity index (χ1v) is 7.05. The number of rotatable bonds is 4.